The number of hydrogen-bond donors (Lipinski definition) is 1. The molecular weight excluding hydrogens is 318 g/mol. The largest absolute Gasteiger partial charge is 0.543 e. The molecule has 0 bridgehead atoms. The van der Waals surface area contributed by atoms with Gasteiger partial charge in [-0.2, -0.15) is 0 Å². The highest BCUT2D eigenvalue weighted by molar-refractivity contribution is 6.74. The third kappa shape index (κ3) is 4.03. The highest BCUT2D eigenvalue weighted by Gasteiger charge is 2.39. The lowest BCUT2D eigenvalue weighted by Crippen LogP contribution is -2.43. The Labute approximate surface area is 144 Å². The van der Waals surface area contributed by atoms with Crippen LogP contribution in [0, 0.1) is 0 Å². The van der Waals surface area contributed by atoms with Gasteiger partial charge in [-0.1, -0.05) is 26.8 Å². The summed E-state index contributed by atoms with van der Waals surface area (Å²) < 4.78 is 6.28. The van der Waals surface area contributed by atoms with Crippen molar-refractivity contribution in [1.29, 1.82) is 0 Å². The molecule has 0 spiro atoms. The van der Waals surface area contributed by atoms with Crippen molar-refractivity contribution in [3.63, 3.8) is 0 Å². The Morgan fingerprint density at radius 1 is 1.04 bits per heavy atom. The van der Waals surface area contributed by atoms with E-state index < -0.39 is 8.32 Å². The van der Waals surface area contributed by atoms with E-state index >= 15 is 0 Å². The Balaban J connectivity index is 2.19. The van der Waals surface area contributed by atoms with E-state index in [4.69, 9.17) is 4.43 Å². The maximum absolute atomic E-state index is 12.0. The molecule has 0 radical (unpaired) electrons. The van der Waals surface area contributed by atoms with E-state index in [1.807, 2.05) is 24.3 Å². The molecule has 0 fully saturated rings. The van der Waals surface area contributed by atoms with Gasteiger partial charge in [0.1, 0.15) is 5.75 Å². The third-order valence-corrected chi connectivity index (χ3v) is 8.93. The van der Waals surface area contributed by atoms with E-state index in [1.165, 1.54) is 12.2 Å². The number of anilines is 1. The van der Waals surface area contributed by atoms with Crippen molar-refractivity contribution in [2.45, 2.75) is 45.8 Å². The minimum atomic E-state index is -1.93. The molecule has 1 aliphatic rings. The van der Waals surface area contributed by atoms with Crippen LogP contribution >= 0.6 is 0 Å². The van der Waals surface area contributed by atoms with E-state index in [1.54, 1.807) is 6.92 Å². The lowest BCUT2D eigenvalue weighted by Gasteiger charge is -2.36. The molecule has 0 unspecified atom stereocenters. The molecule has 0 saturated carbocycles. The van der Waals surface area contributed by atoms with Gasteiger partial charge in [-0.05, 0) is 43.3 Å². The fourth-order valence-electron chi connectivity index (χ4n) is 2.00. The van der Waals surface area contributed by atoms with Gasteiger partial charge in [-0.3, -0.25) is 9.59 Å². The van der Waals surface area contributed by atoms with Crippen LogP contribution in [0.3, 0.4) is 0 Å². The Hall–Kier alpha value is -2.14. The molecule has 0 saturated heterocycles. The number of nitrogens with one attached hydrogen (secondary N) is 1. The number of rotatable bonds is 4. The standard InChI is InChI=1S/C19H25NO3Si/c1-13-10-18(22)16(12-17(13)21)20-14-8-7-9-15(11-14)23-24(5,6)19(2,3)4/h7-12,20H,1-6H3. The zero-order valence-corrected chi connectivity index (χ0v) is 16.2. The lowest BCUT2D eigenvalue weighted by atomic mass is 10.0. The first-order valence-electron chi connectivity index (χ1n) is 8.04. The Morgan fingerprint density at radius 3 is 2.33 bits per heavy atom. The maximum Gasteiger partial charge on any atom is 0.250 e. The number of allylic oxidation sites excluding steroid dienone is 3. The summed E-state index contributed by atoms with van der Waals surface area (Å²) in [6.45, 7) is 12.6. The molecule has 5 heteroatoms. The summed E-state index contributed by atoms with van der Waals surface area (Å²) in [5.41, 5.74) is 1.47. The molecule has 0 atom stereocenters. The highest BCUT2D eigenvalue weighted by Crippen LogP contribution is 2.37. The summed E-state index contributed by atoms with van der Waals surface area (Å²) in [5.74, 6) is 0.432. The van der Waals surface area contributed by atoms with E-state index in [0.717, 1.165) is 11.4 Å². The molecule has 2 rings (SSSR count). The summed E-state index contributed by atoms with van der Waals surface area (Å²) in [4.78, 5) is 23.8. The molecule has 0 heterocycles. The molecule has 1 N–H and O–H groups in total. The minimum Gasteiger partial charge on any atom is -0.543 e. The third-order valence-electron chi connectivity index (χ3n) is 4.57. The molecule has 0 aliphatic heterocycles. The lowest BCUT2D eigenvalue weighted by molar-refractivity contribution is -0.115. The Morgan fingerprint density at radius 2 is 1.71 bits per heavy atom. The molecule has 1 aromatic carbocycles. The SMILES string of the molecule is CC1=CC(=O)C(Nc2cccc(O[Si](C)(C)C(C)(C)C)c2)=CC1=O. The summed E-state index contributed by atoms with van der Waals surface area (Å²) in [6, 6.07) is 7.51. The molecule has 1 aliphatic carbocycles. The van der Waals surface area contributed by atoms with Crippen LogP contribution in [-0.2, 0) is 9.59 Å². The first-order chi connectivity index (χ1) is 11.0. The van der Waals surface area contributed by atoms with Crippen LogP contribution in [0.15, 0.2) is 47.7 Å². The summed E-state index contributed by atoms with van der Waals surface area (Å²) >= 11 is 0. The van der Waals surface area contributed by atoms with Gasteiger partial charge in [-0.25, -0.2) is 0 Å². The van der Waals surface area contributed by atoms with Crippen molar-refractivity contribution in [2.75, 3.05) is 5.32 Å². The van der Waals surface area contributed by atoms with Crippen LogP contribution in [0.5, 0.6) is 5.75 Å². The van der Waals surface area contributed by atoms with Gasteiger partial charge in [0.25, 0.3) is 0 Å². The zero-order chi connectivity index (χ0) is 18.1. The fourth-order valence-corrected chi connectivity index (χ4v) is 3.02. The molecule has 128 valence electrons. The van der Waals surface area contributed by atoms with E-state index in [2.05, 4.69) is 39.2 Å². The second-order valence-corrected chi connectivity index (χ2v) is 12.4. The summed E-state index contributed by atoms with van der Waals surface area (Å²) in [6.07, 6.45) is 2.71. The molecule has 0 aromatic heterocycles. The smallest absolute Gasteiger partial charge is 0.250 e. The van der Waals surface area contributed by atoms with Crippen LogP contribution < -0.4 is 9.74 Å². The average Bonchev–Trinajstić information content (AvgIpc) is 2.43. The monoisotopic (exact) mass is 343 g/mol. The van der Waals surface area contributed by atoms with Crippen LogP contribution in [0.4, 0.5) is 5.69 Å². The van der Waals surface area contributed by atoms with Gasteiger partial charge >= 0.3 is 0 Å². The van der Waals surface area contributed by atoms with Crippen LogP contribution in [0.25, 0.3) is 0 Å². The molecular formula is C19H25NO3Si. The van der Waals surface area contributed by atoms with Crippen molar-refractivity contribution < 1.29 is 14.0 Å². The van der Waals surface area contributed by atoms with E-state index in [-0.39, 0.29) is 22.3 Å². The van der Waals surface area contributed by atoms with Gasteiger partial charge in [-0.15, -0.1) is 0 Å². The topological polar surface area (TPSA) is 55.4 Å². The first-order valence-corrected chi connectivity index (χ1v) is 11.0. The normalized spacial score (nSPS) is 15.8. The fraction of sp³-hybridized carbons (Fsp3) is 0.368. The minimum absolute atomic E-state index is 0.104. The van der Waals surface area contributed by atoms with Crippen molar-refractivity contribution in [2.24, 2.45) is 0 Å². The van der Waals surface area contributed by atoms with Gasteiger partial charge in [0, 0.05) is 23.4 Å². The second kappa shape index (κ2) is 6.40. The van der Waals surface area contributed by atoms with Gasteiger partial charge < -0.3 is 9.74 Å². The van der Waals surface area contributed by atoms with Crippen molar-refractivity contribution in [1.82, 2.24) is 0 Å². The van der Waals surface area contributed by atoms with Crippen molar-refractivity contribution in [3.05, 3.63) is 47.7 Å². The molecule has 0 amide bonds. The molecule has 1 aromatic rings. The predicted octanol–water partition coefficient (Wildman–Crippen LogP) is 4.46. The highest BCUT2D eigenvalue weighted by atomic mass is 28.4. The number of carbonyl (C=O) groups is 2. The summed E-state index contributed by atoms with van der Waals surface area (Å²) in [7, 11) is -1.93. The Bertz CT molecular complexity index is 739. The Kier molecular flexibility index (Phi) is 4.85. The van der Waals surface area contributed by atoms with Crippen LogP contribution in [0.2, 0.25) is 18.1 Å². The number of carbonyl (C=O) groups excluding carboxylic acids is 2. The van der Waals surface area contributed by atoms with Crippen molar-refractivity contribution in [3.8, 4) is 5.75 Å². The quantitative estimate of drug-likeness (QED) is 0.647. The average molecular weight is 343 g/mol. The van der Waals surface area contributed by atoms with E-state index in [9.17, 15) is 9.59 Å². The predicted molar refractivity (Wildman–Crippen MR) is 99.7 cm³/mol. The van der Waals surface area contributed by atoms with Crippen molar-refractivity contribution >= 4 is 25.6 Å². The second-order valence-electron chi connectivity index (χ2n) is 7.63. The molecule has 24 heavy (non-hydrogen) atoms. The van der Waals surface area contributed by atoms with Crippen LogP contribution in [-0.4, -0.2) is 19.9 Å². The first kappa shape index (κ1) is 18.2. The van der Waals surface area contributed by atoms with Gasteiger partial charge in [0.2, 0.25) is 14.1 Å². The number of hydrogen-bond acceptors (Lipinski definition) is 4. The zero-order valence-electron chi connectivity index (χ0n) is 15.2. The maximum atomic E-state index is 12.0. The molecule has 4 nitrogen and oxygen atoms in total. The number of ketones is 2. The van der Waals surface area contributed by atoms with Gasteiger partial charge in [0.05, 0.1) is 5.70 Å². The van der Waals surface area contributed by atoms with Crippen LogP contribution in [0.1, 0.15) is 27.7 Å². The summed E-state index contributed by atoms with van der Waals surface area (Å²) in [5, 5.41) is 3.13. The van der Waals surface area contributed by atoms with E-state index in [0.29, 0.717) is 5.57 Å². The number of benzene rings is 1. The van der Waals surface area contributed by atoms with Gasteiger partial charge in [0.15, 0.2) is 5.78 Å².